The van der Waals surface area contributed by atoms with Gasteiger partial charge in [0.15, 0.2) is 0 Å². The molecule has 0 aromatic heterocycles. The van der Waals surface area contributed by atoms with Gasteiger partial charge in [0.2, 0.25) is 0 Å². The second-order valence-corrected chi connectivity index (χ2v) is 12.6. The monoisotopic (exact) mass is 522 g/mol. The highest BCUT2D eigenvalue weighted by atomic mass is 32.2. The molecule has 0 radical (unpaired) electrons. The van der Waals surface area contributed by atoms with Crippen LogP contribution in [0.15, 0.2) is 0 Å². The van der Waals surface area contributed by atoms with Crippen molar-refractivity contribution in [3.8, 4) is 0 Å². The first-order valence-corrected chi connectivity index (χ1v) is 16.6. The molecule has 0 saturated heterocycles. The Bertz CT molecular complexity index is 555. The van der Waals surface area contributed by atoms with Crippen molar-refractivity contribution in [2.45, 2.75) is 123 Å². The molecule has 1 aliphatic carbocycles. The minimum absolute atomic E-state index is 0.00545. The Kier molecular flexibility index (Phi) is 18.8. The minimum atomic E-state index is -4.52. The van der Waals surface area contributed by atoms with E-state index >= 15 is 0 Å². The zero-order valence-corrected chi connectivity index (χ0v) is 23.5. The highest BCUT2D eigenvalue weighted by Crippen LogP contribution is 2.42. The van der Waals surface area contributed by atoms with Gasteiger partial charge in [0.1, 0.15) is 0 Å². The summed E-state index contributed by atoms with van der Waals surface area (Å²) in [4.78, 5) is 19.9. The normalized spacial score (nSPS) is 18.4. The Morgan fingerprint density at radius 3 is 2.21 bits per heavy atom. The van der Waals surface area contributed by atoms with Crippen molar-refractivity contribution in [1.82, 2.24) is 0 Å². The van der Waals surface area contributed by atoms with Gasteiger partial charge in [-0.1, -0.05) is 97.3 Å². The van der Waals surface area contributed by atoms with Gasteiger partial charge < -0.3 is 19.3 Å². The molecule has 1 rings (SSSR count). The lowest BCUT2D eigenvalue weighted by atomic mass is 9.77. The van der Waals surface area contributed by atoms with Crippen molar-refractivity contribution >= 4 is 25.1 Å². The Labute approximate surface area is 212 Å². The maximum atomic E-state index is 11.4. The van der Waals surface area contributed by atoms with E-state index in [1.54, 1.807) is 0 Å². The van der Waals surface area contributed by atoms with Crippen LogP contribution in [0.4, 0.5) is 4.79 Å². The Morgan fingerprint density at radius 2 is 1.59 bits per heavy atom. The van der Waals surface area contributed by atoms with Gasteiger partial charge in [-0.05, 0) is 42.6 Å². The molecule has 8 heteroatoms. The van der Waals surface area contributed by atoms with Crippen LogP contribution >= 0.6 is 19.4 Å². The van der Waals surface area contributed by atoms with Gasteiger partial charge in [-0.3, -0.25) is 0 Å². The zero-order chi connectivity index (χ0) is 25.1. The van der Waals surface area contributed by atoms with Crippen LogP contribution in [0.25, 0.3) is 0 Å². The predicted molar refractivity (Wildman–Crippen MR) is 143 cm³/mol. The van der Waals surface area contributed by atoms with Crippen molar-refractivity contribution < 1.29 is 28.6 Å². The lowest BCUT2D eigenvalue weighted by Crippen LogP contribution is -2.34. The summed E-state index contributed by atoms with van der Waals surface area (Å²) in [7, 11) is -4.52. The van der Waals surface area contributed by atoms with Crippen molar-refractivity contribution in [1.29, 1.82) is 0 Å². The molecule has 6 nitrogen and oxygen atoms in total. The number of hydrogen-bond acceptors (Lipinski definition) is 5. The van der Waals surface area contributed by atoms with E-state index < -0.39 is 13.3 Å². The second kappa shape index (κ2) is 20.0. The zero-order valence-electron chi connectivity index (χ0n) is 21.8. The van der Waals surface area contributed by atoms with E-state index in [0.717, 1.165) is 43.3 Å². The molecule has 0 bridgehead atoms. The molecule has 0 heterocycles. The fourth-order valence-corrected chi connectivity index (χ4v) is 6.64. The molecule has 3 unspecified atom stereocenters. The molecular weight excluding hydrogens is 471 g/mol. The number of carbonyl (C=O) groups is 1. The topological polar surface area (TPSA) is 93.1 Å². The number of ether oxygens (including phenoxy) is 1. The Balaban J connectivity index is 2.42. The van der Waals surface area contributed by atoms with Crippen LogP contribution in [-0.4, -0.2) is 46.5 Å². The fraction of sp³-hybridized carbons (Fsp3) is 0.962. The average molecular weight is 523 g/mol. The number of thioether (sulfide) groups is 1. The summed E-state index contributed by atoms with van der Waals surface area (Å²) in [5.74, 6) is 3.09. The lowest BCUT2D eigenvalue weighted by molar-refractivity contribution is -0.0124. The van der Waals surface area contributed by atoms with Crippen LogP contribution in [0.1, 0.15) is 117 Å². The van der Waals surface area contributed by atoms with Crippen LogP contribution < -0.4 is 0 Å². The van der Waals surface area contributed by atoms with E-state index in [0.29, 0.717) is 18.4 Å². The van der Waals surface area contributed by atoms with E-state index in [1.807, 2.05) is 11.8 Å². The SMILES string of the molecule is CCCCCCCCCCOC(CCC)C(CSCCCOP(=O)(O)C(=O)O)C1CCCCC1. The van der Waals surface area contributed by atoms with E-state index in [4.69, 9.17) is 9.84 Å². The van der Waals surface area contributed by atoms with Gasteiger partial charge in [-0.2, -0.15) is 11.8 Å². The van der Waals surface area contributed by atoms with E-state index in [1.165, 1.54) is 77.0 Å². The van der Waals surface area contributed by atoms with E-state index in [2.05, 4.69) is 18.4 Å². The molecule has 0 spiro atoms. The van der Waals surface area contributed by atoms with Crippen LogP contribution in [0, 0.1) is 11.8 Å². The Morgan fingerprint density at radius 1 is 0.941 bits per heavy atom. The van der Waals surface area contributed by atoms with Gasteiger partial charge in [0.05, 0.1) is 12.7 Å². The van der Waals surface area contributed by atoms with Gasteiger partial charge in [-0.25, -0.2) is 9.36 Å². The molecular formula is C26H51O6PS. The largest absolute Gasteiger partial charge is 0.472 e. The summed E-state index contributed by atoms with van der Waals surface area (Å²) in [6, 6.07) is 0. The third kappa shape index (κ3) is 14.5. The van der Waals surface area contributed by atoms with Crippen LogP contribution in [0.2, 0.25) is 0 Å². The van der Waals surface area contributed by atoms with Gasteiger partial charge in [0.25, 0.3) is 0 Å². The first kappa shape index (κ1) is 32.0. The first-order chi connectivity index (χ1) is 16.4. The smallest absolute Gasteiger partial charge is 0.435 e. The standard InChI is InChI=1S/C26H51O6PS/c1-3-5-6-7-8-9-10-14-19-31-25(16-4-2)24(23-17-12-11-13-18-23)22-34-21-15-20-32-33(29,30)26(27)28/h23-25H,3-22H2,1-2H3,(H,27,28)(H,29,30). The van der Waals surface area contributed by atoms with Crippen molar-refractivity contribution in [2.75, 3.05) is 24.7 Å². The number of unbranched alkanes of at least 4 members (excludes halogenated alkanes) is 7. The quantitative estimate of drug-likeness (QED) is 0.109. The maximum absolute atomic E-state index is 11.4. The molecule has 3 atom stereocenters. The summed E-state index contributed by atoms with van der Waals surface area (Å²) >= 11 is 1.85. The highest BCUT2D eigenvalue weighted by Gasteiger charge is 2.31. The third-order valence-corrected chi connectivity index (χ3v) is 9.10. The van der Waals surface area contributed by atoms with E-state index in [-0.39, 0.29) is 6.61 Å². The van der Waals surface area contributed by atoms with E-state index in [9.17, 15) is 14.3 Å². The molecule has 0 amide bonds. The molecule has 0 aliphatic heterocycles. The Hall–Kier alpha value is -0.0700. The molecule has 1 saturated carbocycles. The molecule has 202 valence electrons. The number of rotatable bonds is 22. The summed E-state index contributed by atoms with van der Waals surface area (Å²) in [5, 5.41) is 8.68. The molecule has 0 aromatic carbocycles. The summed E-state index contributed by atoms with van der Waals surface area (Å²) < 4.78 is 22.6. The van der Waals surface area contributed by atoms with Gasteiger partial charge >= 0.3 is 13.3 Å². The van der Waals surface area contributed by atoms with Crippen molar-refractivity contribution in [2.24, 2.45) is 11.8 Å². The van der Waals surface area contributed by atoms with Crippen LogP contribution in [0.5, 0.6) is 0 Å². The predicted octanol–water partition coefficient (Wildman–Crippen LogP) is 8.51. The summed E-state index contributed by atoms with van der Waals surface area (Å²) in [5.41, 5.74) is -1.78. The lowest BCUT2D eigenvalue weighted by Gasteiger charge is -2.36. The average Bonchev–Trinajstić information content (AvgIpc) is 2.82. The molecule has 1 fully saturated rings. The van der Waals surface area contributed by atoms with Crippen LogP contribution in [-0.2, 0) is 13.8 Å². The second-order valence-electron chi connectivity index (χ2n) is 9.80. The number of hydrogen-bond donors (Lipinski definition) is 2. The van der Waals surface area contributed by atoms with Crippen molar-refractivity contribution in [3.63, 3.8) is 0 Å². The van der Waals surface area contributed by atoms with Gasteiger partial charge in [0, 0.05) is 6.61 Å². The highest BCUT2D eigenvalue weighted by molar-refractivity contribution is 7.99. The molecule has 34 heavy (non-hydrogen) atoms. The van der Waals surface area contributed by atoms with Crippen LogP contribution in [0.3, 0.4) is 0 Å². The fourth-order valence-electron chi connectivity index (χ4n) is 4.91. The maximum Gasteiger partial charge on any atom is 0.435 e. The molecule has 1 aliphatic rings. The summed E-state index contributed by atoms with van der Waals surface area (Å²) in [6.07, 6.45) is 20.2. The molecule has 0 aromatic rings. The summed E-state index contributed by atoms with van der Waals surface area (Å²) in [6.45, 7) is 5.36. The first-order valence-electron chi connectivity index (χ1n) is 13.8. The van der Waals surface area contributed by atoms with Crippen molar-refractivity contribution in [3.05, 3.63) is 0 Å². The minimum Gasteiger partial charge on any atom is -0.472 e. The molecule has 2 N–H and O–H groups in total. The number of carboxylic acid groups (broad SMARTS) is 1. The third-order valence-electron chi connectivity index (χ3n) is 6.89. The van der Waals surface area contributed by atoms with Gasteiger partial charge in [-0.15, -0.1) is 0 Å².